The number of nitrogens with zero attached hydrogens (tertiary/aromatic N) is 4. The molecule has 2 aromatic heterocycles. The number of methoxy groups -OCH3 is 2. The predicted molar refractivity (Wildman–Crippen MR) is 114 cm³/mol. The molecule has 29 heavy (non-hydrogen) atoms. The van der Waals surface area contributed by atoms with Crippen molar-refractivity contribution in [2.75, 3.05) is 25.7 Å². The first-order valence-electron chi connectivity index (χ1n) is 9.49. The van der Waals surface area contributed by atoms with Gasteiger partial charge in [0.15, 0.2) is 0 Å². The molecule has 0 aliphatic heterocycles. The van der Waals surface area contributed by atoms with Gasteiger partial charge in [-0.2, -0.15) is 5.10 Å². The second-order valence-corrected chi connectivity index (χ2v) is 6.60. The van der Waals surface area contributed by atoms with Crippen molar-refractivity contribution in [2.24, 2.45) is 0 Å². The van der Waals surface area contributed by atoms with Gasteiger partial charge in [0.2, 0.25) is 0 Å². The van der Waals surface area contributed by atoms with Gasteiger partial charge < -0.3 is 14.4 Å². The van der Waals surface area contributed by atoms with Gasteiger partial charge in [-0.1, -0.05) is 6.92 Å². The topological polar surface area (TPSA) is 76.2 Å². The zero-order valence-corrected chi connectivity index (χ0v) is 16.7. The first kappa shape index (κ1) is 18.7. The van der Waals surface area contributed by atoms with Gasteiger partial charge in [-0.15, -0.1) is 0 Å². The first-order chi connectivity index (χ1) is 14.2. The normalized spacial score (nSPS) is 10.9. The van der Waals surface area contributed by atoms with Crippen LogP contribution >= 0.6 is 0 Å². The van der Waals surface area contributed by atoms with Crippen molar-refractivity contribution in [1.82, 2.24) is 20.2 Å². The van der Waals surface area contributed by atoms with Crippen LogP contribution in [0.15, 0.2) is 55.0 Å². The maximum Gasteiger partial charge on any atom is 0.142 e. The van der Waals surface area contributed by atoms with Gasteiger partial charge in [-0.05, 0) is 36.8 Å². The van der Waals surface area contributed by atoms with Crippen molar-refractivity contribution in [1.29, 1.82) is 0 Å². The maximum atomic E-state index is 5.61. The molecule has 0 fully saturated rings. The van der Waals surface area contributed by atoms with E-state index < -0.39 is 0 Å². The molecule has 0 unspecified atom stereocenters. The first-order valence-corrected chi connectivity index (χ1v) is 9.49. The quantitative estimate of drug-likeness (QED) is 0.498. The number of hydrogen-bond acceptors (Lipinski definition) is 6. The summed E-state index contributed by atoms with van der Waals surface area (Å²) in [5, 5.41) is 6.81. The van der Waals surface area contributed by atoms with Crippen molar-refractivity contribution < 1.29 is 9.47 Å². The number of benzene rings is 2. The standard InChI is InChI=1S/C22H23N5O2/c1-4-9-27(21-11-17(28-2)6-8-22(21)29-3)16-5-7-18-19(10-16)26-20(14-23-18)15-12-24-25-13-15/h5-8,10-14H,4,9H2,1-3H3,(H,24,25). The van der Waals surface area contributed by atoms with Gasteiger partial charge in [0, 0.05) is 30.1 Å². The molecule has 0 aliphatic rings. The molecule has 2 aromatic carbocycles. The third kappa shape index (κ3) is 3.71. The highest BCUT2D eigenvalue weighted by Gasteiger charge is 2.16. The van der Waals surface area contributed by atoms with Crippen LogP contribution in [0.3, 0.4) is 0 Å². The number of rotatable bonds is 7. The predicted octanol–water partition coefficient (Wildman–Crippen LogP) is 4.59. The molecule has 1 N–H and O–H groups in total. The smallest absolute Gasteiger partial charge is 0.142 e. The number of aromatic amines is 1. The van der Waals surface area contributed by atoms with Crippen LogP contribution < -0.4 is 14.4 Å². The monoisotopic (exact) mass is 389 g/mol. The molecule has 0 radical (unpaired) electrons. The summed E-state index contributed by atoms with van der Waals surface area (Å²) in [6.07, 6.45) is 6.29. The summed E-state index contributed by atoms with van der Waals surface area (Å²) in [7, 11) is 3.34. The summed E-state index contributed by atoms with van der Waals surface area (Å²) in [4.78, 5) is 11.6. The van der Waals surface area contributed by atoms with Crippen LogP contribution in [0.1, 0.15) is 13.3 Å². The molecule has 4 aromatic rings. The van der Waals surface area contributed by atoms with Crippen molar-refractivity contribution >= 4 is 22.4 Å². The lowest BCUT2D eigenvalue weighted by molar-refractivity contribution is 0.403. The molecular weight excluding hydrogens is 366 g/mol. The van der Waals surface area contributed by atoms with Gasteiger partial charge >= 0.3 is 0 Å². The molecule has 2 heterocycles. The molecule has 0 bridgehead atoms. The number of nitrogens with one attached hydrogen (secondary N) is 1. The van der Waals surface area contributed by atoms with Crippen LogP contribution in [0, 0.1) is 0 Å². The van der Waals surface area contributed by atoms with Gasteiger partial charge in [0.1, 0.15) is 11.5 Å². The van der Waals surface area contributed by atoms with Crippen LogP contribution in [-0.2, 0) is 0 Å². The molecule has 0 atom stereocenters. The minimum absolute atomic E-state index is 0.782. The molecule has 0 aliphatic carbocycles. The van der Waals surface area contributed by atoms with Crippen LogP contribution in [0.2, 0.25) is 0 Å². The van der Waals surface area contributed by atoms with E-state index in [-0.39, 0.29) is 0 Å². The zero-order chi connectivity index (χ0) is 20.2. The Bertz CT molecular complexity index is 1110. The highest BCUT2D eigenvalue weighted by atomic mass is 16.5. The second kappa shape index (κ2) is 8.18. The lowest BCUT2D eigenvalue weighted by atomic mass is 10.1. The van der Waals surface area contributed by atoms with Crippen molar-refractivity contribution in [3.05, 3.63) is 55.0 Å². The van der Waals surface area contributed by atoms with E-state index in [4.69, 9.17) is 14.5 Å². The van der Waals surface area contributed by atoms with E-state index in [2.05, 4.69) is 39.1 Å². The average molecular weight is 389 g/mol. The van der Waals surface area contributed by atoms with Gasteiger partial charge in [0.05, 0.1) is 49.0 Å². The lowest BCUT2D eigenvalue weighted by Gasteiger charge is -2.27. The third-order valence-electron chi connectivity index (χ3n) is 4.76. The largest absolute Gasteiger partial charge is 0.497 e. The van der Waals surface area contributed by atoms with Gasteiger partial charge in [0.25, 0.3) is 0 Å². The van der Waals surface area contributed by atoms with Crippen LogP contribution in [-0.4, -0.2) is 40.9 Å². The average Bonchev–Trinajstić information content (AvgIpc) is 3.31. The van der Waals surface area contributed by atoms with Gasteiger partial charge in [-0.3, -0.25) is 10.1 Å². The molecular formula is C22H23N5O2. The fraction of sp³-hybridized carbons (Fsp3) is 0.227. The number of hydrogen-bond donors (Lipinski definition) is 1. The Kier molecular flexibility index (Phi) is 5.29. The summed E-state index contributed by atoms with van der Waals surface area (Å²) in [6, 6.07) is 11.9. The number of H-pyrrole nitrogens is 1. The molecule has 0 amide bonds. The Morgan fingerprint density at radius 1 is 1.00 bits per heavy atom. The van der Waals surface area contributed by atoms with Crippen LogP contribution in [0.4, 0.5) is 11.4 Å². The van der Waals surface area contributed by atoms with Gasteiger partial charge in [-0.25, -0.2) is 4.98 Å². The fourth-order valence-corrected chi connectivity index (χ4v) is 3.32. The molecule has 7 heteroatoms. The summed E-state index contributed by atoms with van der Waals surface area (Å²) >= 11 is 0. The summed E-state index contributed by atoms with van der Waals surface area (Å²) in [5.74, 6) is 1.57. The highest BCUT2D eigenvalue weighted by Crippen LogP contribution is 2.37. The second-order valence-electron chi connectivity index (χ2n) is 6.60. The molecule has 0 spiro atoms. The lowest BCUT2D eigenvalue weighted by Crippen LogP contribution is -2.18. The minimum Gasteiger partial charge on any atom is -0.497 e. The van der Waals surface area contributed by atoms with E-state index in [9.17, 15) is 0 Å². The third-order valence-corrected chi connectivity index (χ3v) is 4.76. The summed E-state index contributed by atoms with van der Waals surface area (Å²) < 4.78 is 11.0. The molecule has 0 saturated heterocycles. The Labute approximate surface area is 169 Å². The Morgan fingerprint density at radius 3 is 2.62 bits per heavy atom. The van der Waals surface area contributed by atoms with Crippen molar-refractivity contribution in [2.45, 2.75) is 13.3 Å². The van der Waals surface area contributed by atoms with E-state index >= 15 is 0 Å². The number of anilines is 2. The Balaban J connectivity index is 1.81. The zero-order valence-electron chi connectivity index (χ0n) is 16.7. The minimum atomic E-state index is 0.782. The van der Waals surface area contributed by atoms with E-state index in [1.165, 1.54) is 0 Å². The molecule has 7 nitrogen and oxygen atoms in total. The van der Waals surface area contributed by atoms with Crippen molar-refractivity contribution in [3.63, 3.8) is 0 Å². The van der Waals surface area contributed by atoms with Crippen LogP contribution in [0.5, 0.6) is 11.5 Å². The van der Waals surface area contributed by atoms with E-state index in [0.717, 1.165) is 58.1 Å². The molecule has 0 saturated carbocycles. The highest BCUT2D eigenvalue weighted by molar-refractivity contribution is 5.83. The molecule has 148 valence electrons. The van der Waals surface area contributed by atoms with Crippen molar-refractivity contribution in [3.8, 4) is 22.8 Å². The number of ether oxygens (including phenoxy) is 2. The maximum absolute atomic E-state index is 5.61. The van der Waals surface area contributed by atoms with E-state index in [1.54, 1.807) is 26.6 Å². The van der Waals surface area contributed by atoms with E-state index in [0.29, 0.717) is 0 Å². The number of fused-ring (bicyclic) bond motifs is 1. The Hall–Kier alpha value is -3.61. The van der Waals surface area contributed by atoms with E-state index in [1.807, 2.05) is 30.5 Å². The fourth-order valence-electron chi connectivity index (χ4n) is 3.32. The van der Waals surface area contributed by atoms with Crippen LogP contribution in [0.25, 0.3) is 22.3 Å². The summed E-state index contributed by atoms with van der Waals surface area (Å²) in [6.45, 7) is 2.97. The molecule has 4 rings (SSSR count). The SMILES string of the molecule is CCCN(c1ccc2ncc(-c3cn[nH]c3)nc2c1)c1cc(OC)ccc1OC. The summed E-state index contributed by atoms with van der Waals surface area (Å²) in [5.41, 5.74) is 5.32. The Morgan fingerprint density at radius 2 is 1.90 bits per heavy atom. The number of aromatic nitrogens is 4.